The molecule has 21 heavy (non-hydrogen) atoms. The lowest BCUT2D eigenvalue weighted by atomic mass is 10.1. The van der Waals surface area contributed by atoms with Gasteiger partial charge < -0.3 is 14.8 Å². The van der Waals surface area contributed by atoms with Gasteiger partial charge in [-0.1, -0.05) is 12.1 Å². The van der Waals surface area contributed by atoms with Gasteiger partial charge in [-0.05, 0) is 30.3 Å². The Balaban J connectivity index is 2.04. The number of fused-ring (bicyclic) bond motifs is 1. The van der Waals surface area contributed by atoms with Crippen LogP contribution in [0.2, 0.25) is 0 Å². The predicted molar refractivity (Wildman–Crippen MR) is 84.6 cm³/mol. The van der Waals surface area contributed by atoms with E-state index in [9.17, 15) is 0 Å². The van der Waals surface area contributed by atoms with Crippen LogP contribution in [0, 0.1) is 0 Å². The summed E-state index contributed by atoms with van der Waals surface area (Å²) in [6.07, 6.45) is 1.78. The van der Waals surface area contributed by atoms with Gasteiger partial charge in [0.25, 0.3) is 0 Å². The molecule has 0 bridgehead atoms. The second kappa shape index (κ2) is 5.71. The summed E-state index contributed by atoms with van der Waals surface area (Å²) in [6.45, 7) is 0. The van der Waals surface area contributed by atoms with E-state index in [2.05, 4.69) is 10.3 Å². The minimum atomic E-state index is 0.796. The smallest absolute Gasteiger partial charge is 0.142 e. The van der Waals surface area contributed by atoms with E-state index in [0.29, 0.717) is 0 Å². The molecule has 0 fully saturated rings. The summed E-state index contributed by atoms with van der Waals surface area (Å²) in [5.74, 6) is 1.60. The molecular weight excluding hydrogens is 264 g/mol. The standard InChI is InChI=1S/C17H16N2O2/c1-20-12-7-8-13-14(9-10-18-16(13)11-12)19-15-5-3-4-6-17(15)21-2/h3-11H,1-2H3,(H,18,19). The molecule has 0 saturated heterocycles. The average molecular weight is 280 g/mol. The number of nitrogens with one attached hydrogen (secondary N) is 1. The number of methoxy groups -OCH3 is 2. The molecule has 0 amide bonds. The quantitative estimate of drug-likeness (QED) is 0.784. The maximum Gasteiger partial charge on any atom is 0.142 e. The fourth-order valence-corrected chi connectivity index (χ4v) is 2.26. The average Bonchev–Trinajstić information content (AvgIpc) is 2.55. The molecule has 3 aromatic rings. The minimum Gasteiger partial charge on any atom is -0.497 e. The lowest BCUT2D eigenvalue weighted by Gasteiger charge is -2.13. The summed E-state index contributed by atoms with van der Waals surface area (Å²) >= 11 is 0. The molecule has 1 aromatic heterocycles. The highest BCUT2D eigenvalue weighted by atomic mass is 16.5. The van der Waals surface area contributed by atoms with Crippen molar-refractivity contribution in [3.05, 3.63) is 54.7 Å². The fraction of sp³-hybridized carbons (Fsp3) is 0.118. The van der Waals surface area contributed by atoms with Gasteiger partial charge in [-0.25, -0.2) is 0 Å². The van der Waals surface area contributed by atoms with Gasteiger partial charge in [0, 0.05) is 23.3 Å². The van der Waals surface area contributed by atoms with Gasteiger partial charge in [-0.3, -0.25) is 4.98 Å². The summed E-state index contributed by atoms with van der Waals surface area (Å²) in [6, 6.07) is 15.6. The summed E-state index contributed by atoms with van der Waals surface area (Å²) in [7, 11) is 3.31. The summed E-state index contributed by atoms with van der Waals surface area (Å²) in [4.78, 5) is 4.38. The van der Waals surface area contributed by atoms with Crippen molar-refractivity contribution in [2.24, 2.45) is 0 Å². The van der Waals surface area contributed by atoms with Gasteiger partial charge in [-0.15, -0.1) is 0 Å². The summed E-state index contributed by atoms with van der Waals surface area (Å²) in [5, 5.41) is 4.43. The molecule has 0 radical (unpaired) electrons. The number of aromatic nitrogens is 1. The highest BCUT2D eigenvalue weighted by Crippen LogP contribution is 2.31. The van der Waals surface area contributed by atoms with Gasteiger partial charge in [0.05, 0.1) is 25.4 Å². The Hall–Kier alpha value is -2.75. The van der Waals surface area contributed by atoms with Crippen molar-refractivity contribution < 1.29 is 9.47 Å². The lowest BCUT2D eigenvalue weighted by Crippen LogP contribution is -1.96. The molecule has 2 aromatic carbocycles. The third-order valence-electron chi connectivity index (χ3n) is 3.33. The Bertz CT molecular complexity index is 772. The van der Waals surface area contributed by atoms with Crippen molar-refractivity contribution in [2.75, 3.05) is 19.5 Å². The topological polar surface area (TPSA) is 43.4 Å². The van der Waals surface area contributed by atoms with Crippen LogP contribution in [-0.4, -0.2) is 19.2 Å². The molecule has 0 aliphatic rings. The molecule has 106 valence electrons. The molecule has 4 heteroatoms. The van der Waals surface area contributed by atoms with E-state index < -0.39 is 0 Å². The first kappa shape index (κ1) is 13.2. The molecule has 1 heterocycles. The summed E-state index contributed by atoms with van der Waals surface area (Å²) < 4.78 is 10.6. The van der Waals surface area contributed by atoms with Crippen molar-refractivity contribution >= 4 is 22.3 Å². The number of ether oxygens (including phenoxy) is 2. The maximum atomic E-state index is 5.37. The van der Waals surface area contributed by atoms with Crippen LogP contribution in [0.1, 0.15) is 0 Å². The van der Waals surface area contributed by atoms with Crippen molar-refractivity contribution in [3.8, 4) is 11.5 Å². The first-order valence-corrected chi connectivity index (χ1v) is 6.64. The van der Waals surface area contributed by atoms with Gasteiger partial charge in [0.1, 0.15) is 11.5 Å². The van der Waals surface area contributed by atoms with Gasteiger partial charge in [0.15, 0.2) is 0 Å². The van der Waals surface area contributed by atoms with Gasteiger partial charge >= 0.3 is 0 Å². The molecule has 4 nitrogen and oxygen atoms in total. The molecular formula is C17H16N2O2. The van der Waals surface area contributed by atoms with Crippen LogP contribution in [0.5, 0.6) is 11.5 Å². The predicted octanol–water partition coefficient (Wildman–Crippen LogP) is 4.00. The minimum absolute atomic E-state index is 0.796. The number of pyridine rings is 1. The lowest BCUT2D eigenvalue weighted by molar-refractivity contribution is 0.415. The fourth-order valence-electron chi connectivity index (χ4n) is 2.26. The van der Waals surface area contributed by atoms with E-state index in [1.807, 2.05) is 48.5 Å². The number of anilines is 2. The number of benzene rings is 2. The Morgan fingerprint density at radius 2 is 1.76 bits per heavy atom. The highest BCUT2D eigenvalue weighted by Gasteiger charge is 2.06. The van der Waals surface area contributed by atoms with E-state index >= 15 is 0 Å². The van der Waals surface area contributed by atoms with Crippen molar-refractivity contribution in [1.82, 2.24) is 4.98 Å². The van der Waals surface area contributed by atoms with Crippen molar-refractivity contribution in [3.63, 3.8) is 0 Å². The normalized spacial score (nSPS) is 10.4. The second-order valence-corrected chi connectivity index (χ2v) is 4.57. The highest BCUT2D eigenvalue weighted by molar-refractivity contribution is 5.94. The van der Waals surface area contributed by atoms with E-state index in [-0.39, 0.29) is 0 Å². The Morgan fingerprint density at radius 1 is 0.905 bits per heavy atom. The SMILES string of the molecule is COc1ccc2c(Nc3ccccc3OC)ccnc2c1. The molecule has 0 spiro atoms. The third kappa shape index (κ3) is 2.60. The Morgan fingerprint density at radius 3 is 2.57 bits per heavy atom. The Kier molecular flexibility index (Phi) is 3.60. The van der Waals surface area contributed by atoms with Crippen molar-refractivity contribution in [2.45, 2.75) is 0 Å². The van der Waals surface area contributed by atoms with Crippen LogP contribution >= 0.6 is 0 Å². The van der Waals surface area contributed by atoms with Crippen molar-refractivity contribution in [1.29, 1.82) is 0 Å². The van der Waals surface area contributed by atoms with Crippen LogP contribution in [0.15, 0.2) is 54.7 Å². The van der Waals surface area contributed by atoms with Crippen LogP contribution in [0.3, 0.4) is 0 Å². The Labute approximate surface area is 123 Å². The zero-order valence-electron chi connectivity index (χ0n) is 12.0. The van der Waals surface area contributed by atoms with E-state index in [1.54, 1.807) is 20.4 Å². The van der Waals surface area contributed by atoms with Crippen LogP contribution in [-0.2, 0) is 0 Å². The summed E-state index contributed by atoms with van der Waals surface area (Å²) in [5.41, 5.74) is 2.78. The maximum absolute atomic E-state index is 5.37. The van der Waals surface area contributed by atoms with Crippen LogP contribution in [0.4, 0.5) is 11.4 Å². The molecule has 0 atom stereocenters. The van der Waals surface area contributed by atoms with Crippen LogP contribution < -0.4 is 14.8 Å². The van der Waals surface area contributed by atoms with Crippen LogP contribution in [0.25, 0.3) is 10.9 Å². The number of hydrogen-bond acceptors (Lipinski definition) is 4. The van der Waals surface area contributed by atoms with E-state index in [4.69, 9.17) is 9.47 Å². The van der Waals surface area contributed by atoms with E-state index in [0.717, 1.165) is 33.8 Å². The second-order valence-electron chi connectivity index (χ2n) is 4.57. The molecule has 0 aliphatic heterocycles. The van der Waals surface area contributed by atoms with E-state index in [1.165, 1.54) is 0 Å². The monoisotopic (exact) mass is 280 g/mol. The number of para-hydroxylation sites is 2. The third-order valence-corrected chi connectivity index (χ3v) is 3.33. The molecule has 0 aliphatic carbocycles. The molecule has 1 N–H and O–H groups in total. The number of nitrogens with zero attached hydrogens (tertiary/aromatic N) is 1. The number of rotatable bonds is 4. The molecule has 3 rings (SSSR count). The molecule has 0 saturated carbocycles. The number of hydrogen-bond donors (Lipinski definition) is 1. The zero-order chi connectivity index (χ0) is 14.7. The molecule has 0 unspecified atom stereocenters. The first-order valence-electron chi connectivity index (χ1n) is 6.64. The van der Waals surface area contributed by atoms with Gasteiger partial charge in [-0.2, -0.15) is 0 Å². The first-order chi connectivity index (χ1) is 10.3. The zero-order valence-corrected chi connectivity index (χ0v) is 12.0. The largest absolute Gasteiger partial charge is 0.497 e. The van der Waals surface area contributed by atoms with Gasteiger partial charge in [0.2, 0.25) is 0 Å².